The lowest BCUT2D eigenvalue weighted by Gasteiger charge is -2.49. The Balaban J connectivity index is 6.20. The van der Waals surface area contributed by atoms with E-state index in [-0.39, 0.29) is 0 Å². The molecule has 5 atom stereocenters. The number of nitrogens with two attached hydrogens (primary N) is 1. The Labute approximate surface area is 333 Å². The van der Waals surface area contributed by atoms with Gasteiger partial charge in [0.25, 0.3) is 0 Å². The van der Waals surface area contributed by atoms with Crippen molar-refractivity contribution in [3.05, 3.63) is 0 Å². The molecular formula is C40H95NO5Si6. The van der Waals surface area contributed by atoms with Crippen LogP contribution in [0.2, 0.25) is 89.1 Å². The Morgan fingerprint density at radius 3 is 1.10 bits per heavy atom. The fourth-order valence-electron chi connectivity index (χ4n) is 7.75. The monoisotopic (exact) mass is 838 g/mol. The standard InChI is InChI=1S/C40H95NO5Si6/c1-16-18-20-22-24-26-27-29-31-32-35-39(3)51(14,43-48(8,9)10)46-52(15,40(4)36-33-30-28-25-23-21-19-17-2)45-50(13,38-34-37-41)44-49(11,12)42-47(5,6)7/h39-40H,16-38,41H2,1-15H3. The topological polar surface area (TPSA) is 72.2 Å². The van der Waals surface area contributed by atoms with Gasteiger partial charge in [-0.2, -0.15) is 0 Å². The normalized spacial score (nSPS) is 17.8. The van der Waals surface area contributed by atoms with E-state index >= 15 is 0 Å². The van der Waals surface area contributed by atoms with Gasteiger partial charge < -0.3 is 26.3 Å². The molecule has 0 aliphatic rings. The minimum atomic E-state index is -2.83. The minimum absolute atomic E-state index is 0.338. The zero-order valence-corrected chi connectivity index (χ0v) is 44.0. The van der Waals surface area contributed by atoms with Gasteiger partial charge in [0.15, 0.2) is 16.6 Å². The van der Waals surface area contributed by atoms with Crippen molar-refractivity contribution in [2.75, 3.05) is 6.54 Å². The van der Waals surface area contributed by atoms with E-state index in [1.54, 1.807) is 0 Å². The summed E-state index contributed by atoms with van der Waals surface area (Å²) >= 11 is 0. The van der Waals surface area contributed by atoms with Crippen LogP contribution in [0.15, 0.2) is 0 Å². The van der Waals surface area contributed by atoms with Crippen LogP contribution in [0.4, 0.5) is 0 Å². The molecule has 0 aromatic heterocycles. The van der Waals surface area contributed by atoms with Gasteiger partial charge in [-0.15, -0.1) is 0 Å². The van der Waals surface area contributed by atoms with E-state index < -0.39 is 50.9 Å². The van der Waals surface area contributed by atoms with Crippen LogP contribution in [-0.2, 0) is 20.6 Å². The summed E-state index contributed by atoms with van der Waals surface area (Å²) < 4.78 is 36.6. The van der Waals surface area contributed by atoms with Crippen molar-refractivity contribution in [2.45, 2.75) is 252 Å². The van der Waals surface area contributed by atoms with Crippen LogP contribution in [0.5, 0.6) is 0 Å². The summed E-state index contributed by atoms with van der Waals surface area (Å²) in [5.41, 5.74) is 6.89. The fraction of sp³-hybridized carbons (Fsp3) is 1.00. The molecule has 0 bridgehead atoms. The van der Waals surface area contributed by atoms with Crippen molar-refractivity contribution in [3.63, 3.8) is 0 Å². The predicted molar refractivity (Wildman–Crippen MR) is 245 cm³/mol. The molecule has 0 heterocycles. The third-order valence-corrected chi connectivity index (χ3v) is 34.6. The molecule has 2 N–H and O–H groups in total. The average molecular weight is 839 g/mol. The van der Waals surface area contributed by atoms with Crippen LogP contribution in [0.3, 0.4) is 0 Å². The van der Waals surface area contributed by atoms with Gasteiger partial charge in [0.1, 0.15) is 0 Å². The molecule has 0 saturated carbocycles. The third kappa shape index (κ3) is 26.1. The number of hydrogen-bond donors (Lipinski definition) is 1. The highest BCUT2D eigenvalue weighted by Gasteiger charge is 2.55. The lowest BCUT2D eigenvalue weighted by atomic mass is 10.1. The van der Waals surface area contributed by atoms with E-state index in [9.17, 15) is 0 Å². The van der Waals surface area contributed by atoms with Crippen molar-refractivity contribution in [3.8, 4) is 0 Å². The summed E-state index contributed by atoms with van der Waals surface area (Å²) in [5, 5.41) is 0. The molecule has 52 heavy (non-hydrogen) atoms. The molecule has 0 aliphatic heterocycles. The van der Waals surface area contributed by atoms with Crippen molar-refractivity contribution in [1.29, 1.82) is 0 Å². The highest BCUT2D eigenvalue weighted by Crippen LogP contribution is 2.42. The van der Waals surface area contributed by atoms with E-state index in [0.717, 1.165) is 18.9 Å². The SMILES string of the molecule is CCCCCCCCCCCCC(C)[Si](C)(O[Si](C)(C)C)O[Si](C)(O[Si](C)(CCCN)O[Si](C)(C)O[Si](C)(C)C)C(C)CCCCCCCCCC. The Bertz CT molecular complexity index is 892. The van der Waals surface area contributed by atoms with Gasteiger partial charge >= 0.3 is 34.2 Å². The number of rotatable bonds is 35. The van der Waals surface area contributed by atoms with Crippen LogP contribution in [0.1, 0.15) is 163 Å². The van der Waals surface area contributed by atoms with Crippen molar-refractivity contribution < 1.29 is 20.6 Å². The van der Waals surface area contributed by atoms with Crippen LogP contribution in [-0.4, -0.2) is 57.4 Å². The van der Waals surface area contributed by atoms with E-state index in [2.05, 4.69) is 99.7 Å². The van der Waals surface area contributed by atoms with Gasteiger partial charge in [-0.3, -0.25) is 0 Å². The molecule has 0 aliphatic carbocycles. The maximum absolute atomic E-state index is 7.76. The minimum Gasteiger partial charge on any atom is -0.437 e. The summed E-state index contributed by atoms with van der Waals surface area (Å²) in [6.45, 7) is 35.4. The van der Waals surface area contributed by atoms with Crippen molar-refractivity contribution in [2.24, 2.45) is 5.73 Å². The maximum Gasteiger partial charge on any atom is 0.320 e. The Morgan fingerprint density at radius 1 is 0.404 bits per heavy atom. The molecular weight excluding hydrogens is 743 g/mol. The molecule has 314 valence electrons. The van der Waals surface area contributed by atoms with Gasteiger partial charge in [0.2, 0.25) is 0 Å². The first-order valence-corrected chi connectivity index (χ1v) is 39.2. The molecule has 0 aromatic rings. The molecule has 0 saturated heterocycles. The van der Waals surface area contributed by atoms with Gasteiger partial charge in [0.05, 0.1) is 0 Å². The van der Waals surface area contributed by atoms with E-state index in [1.165, 1.54) is 122 Å². The first-order valence-electron chi connectivity index (χ1n) is 22.3. The first-order chi connectivity index (χ1) is 24.1. The molecule has 0 fully saturated rings. The summed E-state index contributed by atoms with van der Waals surface area (Å²) in [5.74, 6) is 0. The zero-order chi connectivity index (χ0) is 40.0. The second-order valence-electron chi connectivity index (χ2n) is 19.2. The molecule has 0 spiro atoms. The number of unbranched alkanes of at least 4 members (excludes halogenated alkanes) is 16. The molecule has 6 nitrogen and oxygen atoms in total. The predicted octanol–water partition coefficient (Wildman–Crippen LogP) is 14.6. The largest absolute Gasteiger partial charge is 0.437 e. The summed E-state index contributed by atoms with van der Waals surface area (Å²) in [6.07, 6.45) is 27.5. The highest BCUT2D eigenvalue weighted by atomic mass is 28.5. The highest BCUT2D eigenvalue weighted by molar-refractivity contribution is 6.92. The van der Waals surface area contributed by atoms with E-state index in [0.29, 0.717) is 17.6 Å². The van der Waals surface area contributed by atoms with Gasteiger partial charge in [0, 0.05) is 0 Å². The molecule has 12 heteroatoms. The summed E-state index contributed by atoms with van der Waals surface area (Å²) in [6, 6.07) is 0.868. The van der Waals surface area contributed by atoms with Gasteiger partial charge in [-0.1, -0.05) is 143 Å². The quantitative estimate of drug-likeness (QED) is 0.0506. The fourth-order valence-corrected chi connectivity index (χ4v) is 37.8. The molecule has 0 radical (unpaired) electrons. The van der Waals surface area contributed by atoms with Crippen LogP contribution in [0, 0.1) is 0 Å². The van der Waals surface area contributed by atoms with Gasteiger partial charge in [-0.05, 0) is 115 Å². The second-order valence-corrected chi connectivity index (χ2v) is 43.4. The van der Waals surface area contributed by atoms with E-state index in [4.69, 9.17) is 26.3 Å². The Hall–Kier alpha value is 1.06. The zero-order valence-electron chi connectivity index (χ0n) is 38.0. The lowest BCUT2D eigenvalue weighted by Crippen LogP contribution is -2.64. The molecule has 0 aromatic carbocycles. The number of hydrogen-bond acceptors (Lipinski definition) is 6. The molecule has 0 amide bonds. The summed E-state index contributed by atoms with van der Waals surface area (Å²) in [7, 11) is -14.4. The Morgan fingerprint density at radius 2 is 0.750 bits per heavy atom. The Kier molecular flexibility index (Phi) is 27.4. The van der Waals surface area contributed by atoms with Crippen molar-refractivity contribution >= 4 is 50.9 Å². The van der Waals surface area contributed by atoms with Crippen LogP contribution >= 0.6 is 0 Å². The van der Waals surface area contributed by atoms with E-state index in [1.807, 2.05) is 0 Å². The average Bonchev–Trinajstić information content (AvgIpc) is 2.99. The van der Waals surface area contributed by atoms with Crippen LogP contribution < -0.4 is 5.73 Å². The maximum atomic E-state index is 7.76. The van der Waals surface area contributed by atoms with Crippen LogP contribution in [0.25, 0.3) is 0 Å². The third-order valence-electron chi connectivity index (χ3n) is 10.5. The van der Waals surface area contributed by atoms with Gasteiger partial charge in [-0.25, -0.2) is 0 Å². The smallest absolute Gasteiger partial charge is 0.320 e. The first kappa shape index (κ1) is 53.1. The van der Waals surface area contributed by atoms with Crippen molar-refractivity contribution in [1.82, 2.24) is 0 Å². The second kappa shape index (κ2) is 26.9. The lowest BCUT2D eigenvalue weighted by molar-refractivity contribution is 0.253. The molecule has 0 rings (SSSR count). The molecule has 5 unspecified atom stereocenters. The summed E-state index contributed by atoms with van der Waals surface area (Å²) in [4.78, 5) is 0.